The van der Waals surface area contributed by atoms with E-state index in [0.717, 1.165) is 21.1 Å². The molecule has 0 saturated carbocycles. The minimum absolute atomic E-state index is 0.190. The van der Waals surface area contributed by atoms with E-state index in [0.29, 0.717) is 17.1 Å². The molecule has 1 N–H and O–H groups in total. The summed E-state index contributed by atoms with van der Waals surface area (Å²) in [5.41, 5.74) is 3.14. The molecule has 0 saturated heterocycles. The summed E-state index contributed by atoms with van der Waals surface area (Å²) in [6, 6.07) is 9.70. The van der Waals surface area contributed by atoms with Gasteiger partial charge in [-0.05, 0) is 36.1 Å². The Morgan fingerprint density at radius 3 is 2.92 bits per heavy atom. The highest BCUT2D eigenvalue weighted by molar-refractivity contribution is 7.15. The number of ether oxygens (including phenoxy) is 1. The Morgan fingerprint density at radius 2 is 2.16 bits per heavy atom. The van der Waals surface area contributed by atoms with E-state index in [1.165, 1.54) is 11.3 Å². The minimum Gasteiger partial charge on any atom is -0.495 e. The molecule has 126 valence electrons. The van der Waals surface area contributed by atoms with E-state index >= 15 is 0 Å². The average molecular weight is 369 g/mol. The van der Waals surface area contributed by atoms with Crippen molar-refractivity contribution in [1.82, 2.24) is 9.38 Å². The Kier molecular flexibility index (Phi) is 4.03. The van der Waals surface area contributed by atoms with E-state index in [1.807, 2.05) is 58.6 Å². The van der Waals surface area contributed by atoms with Crippen molar-refractivity contribution in [3.63, 3.8) is 0 Å². The number of hydrogen-bond acceptors (Lipinski definition) is 5. The molecule has 0 fully saturated rings. The predicted octanol–water partition coefficient (Wildman–Crippen LogP) is 4.69. The van der Waals surface area contributed by atoms with Crippen LogP contribution in [0.5, 0.6) is 5.75 Å². The van der Waals surface area contributed by atoms with Gasteiger partial charge in [0.1, 0.15) is 17.1 Å². The number of benzene rings is 1. The molecule has 1 aromatic carbocycles. The van der Waals surface area contributed by atoms with Gasteiger partial charge in [-0.2, -0.15) is 0 Å². The Balaban J connectivity index is 1.68. The van der Waals surface area contributed by atoms with Gasteiger partial charge in [-0.1, -0.05) is 12.1 Å². The monoisotopic (exact) mass is 369 g/mol. The zero-order valence-corrected chi connectivity index (χ0v) is 15.3. The van der Waals surface area contributed by atoms with Crippen molar-refractivity contribution >= 4 is 39.2 Å². The lowest BCUT2D eigenvalue weighted by atomic mass is 10.2. The van der Waals surface area contributed by atoms with Crippen LogP contribution in [0, 0.1) is 6.92 Å². The van der Waals surface area contributed by atoms with E-state index in [-0.39, 0.29) is 5.91 Å². The molecule has 0 atom stereocenters. The number of imidazole rings is 1. The standard InChI is InChI=1S/C18H15N3O2S2/c1-11-5-6-15(23-2)12(8-11)19-17(22)14-10-25-18-20-13(9-21(14)18)16-4-3-7-24-16/h3-10H,1-2H3,(H,19,22). The van der Waals surface area contributed by atoms with Gasteiger partial charge in [-0.3, -0.25) is 9.20 Å². The van der Waals surface area contributed by atoms with Crippen molar-refractivity contribution in [3.05, 3.63) is 58.5 Å². The maximum atomic E-state index is 12.8. The largest absolute Gasteiger partial charge is 0.495 e. The van der Waals surface area contributed by atoms with Gasteiger partial charge < -0.3 is 10.1 Å². The zero-order valence-electron chi connectivity index (χ0n) is 13.6. The quantitative estimate of drug-likeness (QED) is 0.568. The number of thiophene rings is 1. The summed E-state index contributed by atoms with van der Waals surface area (Å²) in [7, 11) is 1.59. The molecule has 3 aromatic heterocycles. The second-order valence-electron chi connectivity index (χ2n) is 5.53. The highest BCUT2D eigenvalue weighted by Crippen LogP contribution is 2.29. The Labute approximate surface area is 152 Å². The van der Waals surface area contributed by atoms with Crippen LogP contribution in [0.25, 0.3) is 15.5 Å². The number of aryl methyl sites for hydroxylation is 1. The van der Waals surface area contributed by atoms with Crippen LogP contribution in [0.2, 0.25) is 0 Å². The van der Waals surface area contributed by atoms with Crippen LogP contribution >= 0.6 is 22.7 Å². The average Bonchev–Trinajstić information content (AvgIpc) is 3.31. The van der Waals surface area contributed by atoms with E-state index in [4.69, 9.17) is 4.74 Å². The first-order chi connectivity index (χ1) is 12.2. The molecular weight excluding hydrogens is 354 g/mol. The van der Waals surface area contributed by atoms with Gasteiger partial charge in [0.15, 0.2) is 4.96 Å². The van der Waals surface area contributed by atoms with Gasteiger partial charge in [-0.15, -0.1) is 22.7 Å². The fourth-order valence-corrected chi connectivity index (χ4v) is 4.13. The number of anilines is 1. The summed E-state index contributed by atoms with van der Waals surface area (Å²) in [4.78, 5) is 19.2. The van der Waals surface area contributed by atoms with Gasteiger partial charge in [0.05, 0.1) is 17.7 Å². The second-order valence-corrected chi connectivity index (χ2v) is 7.32. The number of aromatic nitrogens is 2. The highest BCUT2D eigenvalue weighted by Gasteiger charge is 2.17. The van der Waals surface area contributed by atoms with Gasteiger partial charge in [0.25, 0.3) is 5.91 Å². The van der Waals surface area contributed by atoms with Gasteiger partial charge in [0.2, 0.25) is 0 Å². The van der Waals surface area contributed by atoms with Crippen LogP contribution in [-0.4, -0.2) is 22.4 Å². The molecule has 0 unspecified atom stereocenters. The summed E-state index contributed by atoms with van der Waals surface area (Å²) in [5.74, 6) is 0.445. The Bertz CT molecular complexity index is 1050. The molecule has 0 radical (unpaired) electrons. The minimum atomic E-state index is -0.190. The van der Waals surface area contributed by atoms with Crippen molar-refractivity contribution in [2.75, 3.05) is 12.4 Å². The zero-order chi connectivity index (χ0) is 17.4. The molecule has 1 amide bonds. The summed E-state index contributed by atoms with van der Waals surface area (Å²) >= 11 is 3.08. The van der Waals surface area contributed by atoms with E-state index < -0.39 is 0 Å². The predicted molar refractivity (Wildman–Crippen MR) is 102 cm³/mol. The van der Waals surface area contributed by atoms with Gasteiger partial charge in [0, 0.05) is 11.6 Å². The van der Waals surface area contributed by atoms with Crippen molar-refractivity contribution in [2.24, 2.45) is 0 Å². The molecule has 3 heterocycles. The number of methoxy groups -OCH3 is 1. The number of carbonyl (C=O) groups is 1. The molecule has 0 aliphatic heterocycles. The third-order valence-electron chi connectivity index (χ3n) is 3.82. The van der Waals surface area contributed by atoms with Gasteiger partial charge >= 0.3 is 0 Å². The number of nitrogens with zero attached hydrogens (tertiary/aromatic N) is 2. The van der Waals surface area contributed by atoms with Crippen molar-refractivity contribution in [2.45, 2.75) is 6.92 Å². The number of hydrogen-bond donors (Lipinski definition) is 1. The molecule has 0 spiro atoms. The molecular formula is C18H15N3O2S2. The summed E-state index contributed by atoms with van der Waals surface area (Å²) in [6.45, 7) is 1.97. The first-order valence-electron chi connectivity index (χ1n) is 7.62. The third kappa shape index (κ3) is 2.92. The molecule has 7 heteroatoms. The second kappa shape index (κ2) is 6.34. The van der Waals surface area contributed by atoms with Crippen molar-refractivity contribution < 1.29 is 9.53 Å². The van der Waals surface area contributed by atoms with Crippen molar-refractivity contribution in [3.8, 4) is 16.3 Å². The smallest absolute Gasteiger partial charge is 0.273 e. The van der Waals surface area contributed by atoms with E-state index in [2.05, 4.69) is 10.3 Å². The first-order valence-corrected chi connectivity index (χ1v) is 9.38. The molecule has 5 nitrogen and oxygen atoms in total. The first kappa shape index (κ1) is 15.9. The number of amides is 1. The molecule has 0 aliphatic rings. The number of rotatable bonds is 4. The summed E-state index contributed by atoms with van der Waals surface area (Å²) < 4.78 is 7.16. The van der Waals surface area contributed by atoms with Crippen LogP contribution in [0.15, 0.2) is 47.3 Å². The third-order valence-corrected chi connectivity index (χ3v) is 5.55. The Morgan fingerprint density at radius 1 is 1.28 bits per heavy atom. The van der Waals surface area contributed by atoms with Gasteiger partial charge in [-0.25, -0.2) is 4.98 Å². The van der Waals surface area contributed by atoms with Crippen LogP contribution < -0.4 is 10.1 Å². The SMILES string of the molecule is COc1ccc(C)cc1NC(=O)c1csc2nc(-c3cccs3)cn12. The molecule has 25 heavy (non-hydrogen) atoms. The fourth-order valence-electron chi connectivity index (χ4n) is 2.60. The van der Waals surface area contributed by atoms with E-state index in [1.54, 1.807) is 18.4 Å². The summed E-state index contributed by atoms with van der Waals surface area (Å²) in [5, 5.41) is 6.77. The molecule has 4 aromatic rings. The lowest BCUT2D eigenvalue weighted by Crippen LogP contribution is -2.14. The molecule has 4 rings (SSSR count). The topological polar surface area (TPSA) is 55.6 Å². The lowest BCUT2D eigenvalue weighted by molar-refractivity contribution is 0.102. The summed E-state index contributed by atoms with van der Waals surface area (Å²) in [6.07, 6.45) is 1.90. The molecule has 0 bridgehead atoms. The Hall–Kier alpha value is -2.64. The van der Waals surface area contributed by atoms with E-state index in [9.17, 15) is 4.79 Å². The maximum absolute atomic E-state index is 12.8. The van der Waals surface area contributed by atoms with Crippen LogP contribution in [0.3, 0.4) is 0 Å². The fraction of sp³-hybridized carbons (Fsp3) is 0.111. The number of nitrogens with one attached hydrogen (secondary N) is 1. The number of fused-ring (bicyclic) bond motifs is 1. The van der Waals surface area contributed by atoms with Crippen molar-refractivity contribution in [1.29, 1.82) is 0 Å². The van der Waals surface area contributed by atoms with Crippen LogP contribution in [0.1, 0.15) is 16.1 Å². The lowest BCUT2D eigenvalue weighted by Gasteiger charge is -2.10. The molecule has 0 aliphatic carbocycles. The normalized spacial score (nSPS) is 11.0. The number of carbonyl (C=O) groups excluding carboxylic acids is 1. The van der Waals surface area contributed by atoms with Crippen LogP contribution in [0.4, 0.5) is 5.69 Å². The number of thiazole rings is 1. The maximum Gasteiger partial charge on any atom is 0.273 e. The highest BCUT2D eigenvalue weighted by atomic mass is 32.1. The van der Waals surface area contributed by atoms with Crippen LogP contribution in [-0.2, 0) is 0 Å².